The molecule has 1 fully saturated rings. The van der Waals surface area contributed by atoms with Crippen LogP contribution in [-0.4, -0.2) is 53.2 Å². The zero-order valence-electron chi connectivity index (χ0n) is 56.0. The number of benzene rings is 13. The van der Waals surface area contributed by atoms with Gasteiger partial charge in [-0.05, 0) is 125 Å². The Morgan fingerprint density at radius 3 is 1.12 bits per heavy atom. The first-order chi connectivity index (χ1) is 49.5. The second-order valence-corrected chi connectivity index (χ2v) is 27.0. The van der Waals surface area contributed by atoms with Crippen molar-refractivity contribution >= 4 is 99.3 Å². The molecule has 10 heteroatoms. The van der Waals surface area contributed by atoms with Crippen LogP contribution in [0.5, 0.6) is 0 Å². The first-order valence-corrected chi connectivity index (χ1v) is 34.3. The predicted molar refractivity (Wildman–Crippen MR) is 417 cm³/mol. The van der Waals surface area contributed by atoms with Crippen molar-refractivity contribution in [3.05, 3.63) is 315 Å². The fourth-order valence-corrected chi connectivity index (χ4v) is 14.1. The lowest BCUT2D eigenvalue weighted by atomic mass is 9.78. The Morgan fingerprint density at radius 1 is 0.248 bits per heavy atom. The van der Waals surface area contributed by atoms with Crippen LogP contribution in [0.3, 0.4) is 0 Å². The highest BCUT2D eigenvalue weighted by Gasteiger charge is 2.51. The molecule has 101 heavy (non-hydrogen) atoms. The molecule has 0 aliphatic carbocycles. The van der Waals surface area contributed by atoms with Crippen molar-refractivity contribution in [2.24, 2.45) is 0 Å². The minimum Gasteiger partial charge on any atom is -0.399 e. The van der Waals surface area contributed by atoms with E-state index in [0.29, 0.717) is 17.5 Å². The summed E-state index contributed by atoms with van der Waals surface area (Å²) >= 11 is 0. The summed E-state index contributed by atoms with van der Waals surface area (Å²) in [4.78, 5) is 36.3. The van der Waals surface area contributed by atoms with Crippen molar-refractivity contribution in [2.75, 3.05) is 0 Å². The van der Waals surface area contributed by atoms with Crippen molar-refractivity contribution in [2.45, 2.75) is 38.9 Å². The van der Waals surface area contributed by atoms with Crippen LogP contribution in [0.2, 0.25) is 0 Å². The minimum atomic E-state index is -0.448. The summed E-state index contributed by atoms with van der Waals surface area (Å²) in [6.07, 6.45) is 0. The van der Waals surface area contributed by atoms with Gasteiger partial charge in [0, 0.05) is 71.3 Å². The van der Waals surface area contributed by atoms with E-state index in [1.165, 1.54) is 21.5 Å². The number of hydrogen-bond acceptors (Lipinski definition) is 9. The van der Waals surface area contributed by atoms with E-state index in [4.69, 9.17) is 44.2 Å². The van der Waals surface area contributed by atoms with Gasteiger partial charge in [0.1, 0.15) is 0 Å². The predicted octanol–water partition coefficient (Wildman–Crippen LogP) is 22.0. The smallest absolute Gasteiger partial charge is 0.399 e. The fraction of sp³-hybridized carbons (Fsp3) is 0.0659. The molecule has 0 amide bonds. The van der Waals surface area contributed by atoms with Crippen LogP contribution in [0.4, 0.5) is 0 Å². The molecule has 0 unspecified atom stereocenters. The van der Waals surface area contributed by atoms with Gasteiger partial charge < -0.3 is 9.31 Å². The average Bonchev–Trinajstić information content (AvgIpc) is 0.844. The molecular weight excluding hydrogens is 1230 g/mol. The van der Waals surface area contributed by atoms with Crippen LogP contribution in [0.1, 0.15) is 27.7 Å². The van der Waals surface area contributed by atoms with Gasteiger partial charge in [0.15, 0.2) is 17.5 Å². The van der Waals surface area contributed by atoms with E-state index in [0.717, 1.165) is 143 Å². The third-order valence-electron chi connectivity index (χ3n) is 20.1. The third kappa shape index (κ3) is 11.3. The van der Waals surface area contributed by atoms with E-state index in [9.17, 15) is 0 Å². The summed E-state index contributed by atoms with van der Waals surface area (Å²) in [5.74, 6) is 1.89. The second-order valence-electron chi connectivity index (χ2n) is 27.0. The van der Waals surface area contributed by atoms with Crippen LogP contribution >= 0.6 is 0 Å². The number of pyridine rings is 4. The van der Waals surface area contributed by atoms with Crippen LogP contribution in [0.15, 0.2) is 315 Å². The maximum absolute atomic E-state index is 6.41. The largest absolute Gasteiger partial charge is 0.494 e. The Morgan fingerprint density at radius 2 is 0.624 bits per heavy atom. The van der Waals surface area contributed by atoms with E-state index in [1.54, 1.807) is 0 Å². The molecule has 9 nitrogen and oxygen atoms in total. The van der Waals surface area contributed by atoms with E-state index in [-0.39, 0.29) is 0 Å². The van der Waals surface area contributed by atoms with Crippen LogP contribution in [0.25, 0.3) is 177 Å². The van der Waals surface area contributed by atoms with E-state index >= 15 is 0 Å². The molecule has 5 aromatic heterocycles. The van der Waals surface area contributed by atoms with Gasteiger partial charge in [-0.2, -0.15) is 0 Å². The first kappa shape index (κ1) is 60.9. The van der Waals surface area contributed by atoms with Crippen LogP contribution < -0.4 is 5.46 Å². The SMILES string of the molecule is CC1(C)OB(c2ccc3nc(-c4ccccc4)c4c(ccc5ccc(-c6ccc7ccccc7c6)nc54)c3c2)OC1(C)C.c1ccc(-c2nc(-c3ccccc3)nc(-c3cccc(-c4ccc5nc(-c6ccccc6)c6c(ccc7ccc(-c8ccc9ccccc9c8)nc76)c5c4)c3)n2)cc1. The van der Waals surface area contributed by atoms with Gasteiger partial charge in [0.05, 0.1) is 56.0 Å². The summed E-state index contributed by atoms with van der Waals surface area (Å²) in [7, 11) is -0.448. The Hall–Kier alpha value is -12.5. The molecule has 13 aromatic carbocycles. The number of rotatable bonds is 9. The fourth-order valence-electron chi connectivity index (χ4n) is 14.1. The number of nitrogens with zero attached hydrogens (tertiary/aromatic N) is 7. The molecule has 0 radical (unpaired) electrons. The van der Waals surface area contributed by atoms with Gasteiger partial charge in [0.25, 0.3) is 0 Å². The maximum atomic E-state index is 6.41. The van der Waals surface area contributed by atoms with Crippen molar-refractivity contribution in [3.8, 4) is 90.3 Å². The van der Waals surface area contributed by atoms with Crippen molar-refractivity contribution in [1.29, 1.82) is 0 Å². The summed E-state index contributed by atoms with van der Waals surface area (Å²) in [5, 5.41) is 13.4. The lowest BCUT2D eigenvalue weighted by molar-refractivity contribution is 0.00578. The van der Waals surface area contributed by atoms with Gasteiger partial charge in [-0.15, -0.1) is 0 Å². The van der Waals surface area contributed by atoms with Crippen LogP contribution in [0, 0.1) is 0 Å². The zero-order valence-corrected chi connectivity index (χ0v) is 56.0. The lowest BCUT2D eigenvalue weighted by Gasteiger charge is -2.32. The first-order valence-electron chi connectivity index (χ1n) is 34.3. The highest BCUT2D eigenvalue weighted by Crippen LogP contribution is 2.43. The molecule has 0 spiro atoms. The number of fused-ring (bicyclic) bond motifs is 12. The molecular formula is C91H64BN7O2. The normalized spacial score (nSPS) is 13.4. The Bertz CT molecular complexity index is 6220. The highest BCUT2D eigenvalue weighted by molar-refractivity contribution is 6.62. The summed E-state index contributed by atoms with van der Waals surface area (Å²) in [6, 6.07) is 110. The maximum Gasteiger partial charge on any atom is 0.494 e. The monoisotopic (exact) mass is 1300 g/mol. The topological polar surface area (TPSA) is 109 Å². The molecule has 1 aliphatic heterocycles. The Labute approximate surface area is 584 Å². The van der Waals surface area contributed by atoms with Gasteiger partial charge in [0.2, 0.25) is 0 Å². The second kappa shape index (κ2) is 24.8. The third-order valence-corrected chi connectivity index (χ3v) is 20.1. The number of aromatic nitrogens is 7. The molecule has 6 heterocycles. The highest BCUT2D eigenvalue weighted by atomic mass is 16.7. The van der Waals surface area contributed by atoms with E-state index < -0.39 is 18.3 Å². The van der Waals surface area contributed by atoms with Gasteiger partial charge in [-0.25, -0.2) is 34.9 Å². The molecule has 0 N–H and O–H groups in total. The molecule has 478 valence electrons. The summed E-state index contributed by atoms with van der Waals surface area (Å²) in [6.45, 7) is 8.34. The van der Waals surface area contributed by atoms with Crippen molar-refractivity contribution < 1.29 is 9.31 Å². The Kier molecular flexibility index (Phi) is 15.0. The van der Waals surface area contributed by atoms with Crippen molar-refractivity contribution in [3.63, 3.8) is 0 Å². The summed E-state index contributed by atoms with van der Waals surface area (Å²) < 4.78 is 12.8. The van der Waals surface area contributed by atoms with Gasteiger partial charge >= 0.3 is 7.12 Å². The minimum absolute atomic E-state index is 0.413. The molecule has 0 bridgehead atoms. The standard InChI is InChI=1S/C53H33N5.C38H31BN2O2/c1-4-14-35(15-5-1)49-48-44(28-25-36-26-29-46(54-50(36)48)42-24-23-34-13-10-11-20-39(34)31-42)45-33-41(27-30-47(45)55-49)40-21-12-22-43(32-40)53-57-51(37-16-6-2-7-17-37)56-52(58-53)38-18-8-3-9-19-38;1-37(2)38(3,4)43-39(42-37)29-18-21-33-31(23-29)30-19-16-26-17-20-32(28-15-14-24-10-8-9-13-27(24)22-28)40-36(26)34(30)35(41-33)25-11-6-5-7-12-25/h1-33H;5-23H,1-4H3. The molecule has 18 aromatic rings. The molecule has 1 saturated heterocycles. The molecule has 1 aliphatic rings. The van der Waals surface area contributed by atoms with Crippen molar-refractivity contribution in [1.82, 2.24) is 34.9 Å². The molecule has 0 saturated carbocycles. The quantitative estimate of drug-likeness (QED) is 0.103. The van der Waals surface area contributed by atoms with Gasteiger partial charge in [-0.3, -0.25) is 0 Å². The molecule has 19 rings (SSSR count). The Balaban J connectivity index is 0.000000152. The summed E-state index contributed by atoms with van der Waals surface area (Å²) in [5.41, 5.74) is 16.8. The van der Waals surface area contributed by atoms with Crippen LogP contribution in [-0.2, 0) is 9.31 Å². The van der Waals surface area contributed by atoms with Gasteiger partial charge in [-0.1, -0.05) is 267 Å². The zero-order chi connectivity index (χ0) is 67.8. The number of hydrogen-bond donors (Lipinski definition) is 0. The molecule has 0 atom stereocenters. The van der Waals surface area contributed by atoms with E-state index in [1.807, 2.05) is 72.8 Å². The van der Waals surface area contributed by atoms with E-state index in [2.05, 4.69) is 270 Å². The average molecular weight is 1300 g/mol. The lowest BCUT2D eigenvalue weighted by Crippen LogP contribution is -2.41.